The minimum Gasteiger partial charge on any atom is -0.393 e. The quantitative estimate of drug-likeness (QED) is 0.446. The molecule has 0 spiro atoms. The number of piperidine rings is 2. The van der Waals surface area contributed by atoms with Gasteiger partial charge in [0.15, 0.2) is 0 Å². The number of fused-ring (bicyclic) bond motifs is 4. The highest BCUT2D eigenvalue weighted by molar-refractivity contribution is 6.01. The largest absolute Gasteiger partial charge is 0.416 e. The molecule has 164 valence electrons. The SMILES string of the molecule is O=C(Oc1cccc2c3nc4ccccc4cc3cn12)N1CCC(N2CCCCC2)CC1. The lowest BCUT2D eigenvalue weighted by Crippen LogP contribution is -2.48. The van der Waals surface area contributed by atoms with Crippen LogP contribution in [0, 0.1) is 0 Å². The number of carbonyl (C=O) groups excluding carboxylic acids is 1. The second-order valence-corrected chi connectivity index (χ2v) is 9.05. The molecule has 2 saturated heterocycles. The van der Waals surface area contributed by atoms with E-state index in [1.54, 1.807) is 0 Å². The van der Waals surface area contributed by atoms with Crippen molar-refractivity contribution in [1.29, 1.82) is 0 Å². The van der Waals surface area contributed by atoms with Gasteiger partial charge in [-0.3, -0.25) is 4.40 Å². The minimum absolute atomic E-state index is 0.259. The molecule has 4 aromatic rings. The predicted octanol–water partition coefficient (Wildman–Crippen LogP) is 5.09. The zero-order valence-electron chi connectivity index (χ0n) is 18.2. The van der Waals surface area contributed by atoms with Crippen LogP contribution in [-0.2, 0) is 0 Å². The normalized spacial score (nSPS) is 18.6. The summed E-state index contributed by atoms with van der Waals surface area (Å²) in [4.78, 5) is 22.3. The molecule has 0 saturated carbocycles. The Hall–Kier alpha value is -3.12. The van der Waals surface area contributed by atoms with Gasteiger partial charge in [-0.25, -0.2) is 9.78 Å². The number of hydrogen-bond donors (Lipinski definition) is 0. The predicted molar refractivity (Wildman–Crippen MR) is 126 cm³/mol. The number of hydrogen-bond acceptors (Lipinski definition) is 4. The van der Waals surface area contributed by atoms with Gasteiger partial charge in [0.05, 0.1) is 16.6 Å². The van der Waals surface area contributed by atoms with Crippen molar-refractivity contribution in [2.45, 2.75) is 38.1 Å². The van der Waals surface area contributed by atoms with Crippen LogP contribution in [0.15, 0.2) is 54.7 Å². The van der Waals surface area contributed by atoms with E-state index in [-0.39, 0.29) is 6.09 Å². The van der Waals surface area contributed by atoms with Crippen molar-refractivity contribution in [2.75, 3.05) is 26.2 Å². The van der Waals surface area contributed by atoms with E-state index in [0.29, 0.717) is 11.9 Å². The molecule has 1 aromatic carbocycles. The molecule has 2 aliphatic rings. The van der Waals surface area contributed by atoms with Gasteiger partial charge in [-0.05, 0) is 63.0 Å². The molecule has 6 nitrogen and oxygen atoms in total. The number of para-hydroxylation sites is 1. The maximum Gasteiger partial charge on any atom is 0.416 e. The van der Waals surface area contributed by atoms with Gasteiger partial charge in [-0.15, -0.1) is 0 Å². The number of ether oxygens (including phenoxy) is 1. The lowest BCUT2D eigenvalue weighted by Gasteiger charge is -2.39. The maximum atomic E-state index is 13.0. The Morgan fingerprint density at radius 2 is 1.72 bits per heavy atom. The Kier molecular flexibility index (Phi) is 4.95. The lowest BCUT2D eigenvalue weighted by molar-refractivity contribution is 0.0871. The summed E-state index contributed by atoms with van der Waals surface area (Å²) in [6, 6.07) is 16.7. The third kappa shape index (κ3) is 3.48. The number of amides is 1. The molecule has 6 heteroatoms. The van der Waals surface area contributed by atoms with Crippen molar-refractivity contribution in [3.63, 3.8) is 0 Å². The number of carbonyl (C=O) groups is 1. The van der Waals surface area contributed by atoms with Gasteiger partial charge in [0.1, 0.15) is 0 Å². The summed E-state index contributed by atoms with van der Waals surface area (Å²) >= 11 is 0. The number of benzene rings is 1. The van der Waals surface area contributed by atoms with Crippen molar-refractivity contribution in [3.05, 3.63) is 54.7 Å². The first kappa shape index (κ1) is 19.6. The zero-order valence-corrected chi connectivity index (χ0v) is 18.2. The van der Waals surface area contributed by atoms with Gasteiger partial charge in [0, 0.05) is 36.1 Å². The van der Waals surface area contributed by atoms with E-state index in [1.165, 1.54) is 32.4 Å². The van der Waals surface area contributed by atoms with Crippen LogP contribution < -0.4 is 4.74 Å². The van der Waals surface area contributed by atoms with E-state index in [2.05, 4.69) is 17.0 Å². The summed E-state index contributed by atoms with van der Waals surface area (Å²) in [5.41, 5.74) is 2.83. The number of aromatic nitrogens is 2. The zero-order chi connectivity index (χ0) is 21.5. The summed E-state index contributed by atoms with van der Waals surface area (Å²) < 4.78 is 7.82. The molecule has 2 aliphatic heterocycles. The van der Waals surface area contributed by atoms with Crippen molar-refractivity contribution in [1.82, 2.24) is 19.2 Å². The number of likely N-dealkylation sites (tertiary alicyclic amines) is 2. The molecule has 1 amide bonds. The molecular formula is C26H28N4O2. The number of nitrogens with zero attached hydrogens (tertiary/aromatic N) is 4. The number of rotatable bonds is 2. The van der Waals surface area contributed by atoms with E-state index in [1.807, 2.05) is 51.9 Å². The Labute approximate surface area is 187 Å². The summed E-state index contributed by atoms with van der Waals surface area (Å²) in [6.45, 7) is 3.94. The van der Waals surface area contributed by atoms with Crippen LogP contribution in [0.2, 0.25) is 0 Å². The van der Waals surface area contributed by atoms with Crippen molar-refractivity contribution in [3.8, 4) is 5.88 Å². The fraction of sp³-hybridized carbons (Fsp3) is 0.385. The van der Waals surface area contributed by atoms with Gasteiger partial charge >= 0.3 is 6.09 Å². The molecule has 0 atom stereocenters. The molecule has 0 bridgehead atoms. The van der Waals surface area contributed by atoms with Gasteiger partial charge in [0.2, 0.25) is 5.88 Å². The third-order valence-electron chi connectivity index (χ3n) is 7.08. The van der Waals surface area contributed by atoms with Gasteiger partial charge in [-0.2, -0.15) is 0 Å². The van der Waals surface area contributed by atoms with Crippen LogP contribution >= 0.6 is 0 Å². The standard InChI is InChI=1S/C26H28N4O2/c31-26(29-15-11-21(12-16-29)28-13-4-1-5-14-28)32-24-10-6-9-23-25-20(18-30(23)24)17-19-7-2-3-8-22(19)27-25/h2-3,6-10,17-18,21H,1,4-5,11-16H2. The van der Waals surface area contributed by atoms with Crippen LogP contribution in [0.4, 0.5) is 4.79 Å². The monoisotopic (exact) mass is 428 g/mol. The maximum absolute atomic E-state index is 13.0. The fourth-order valence-corrected chi connectivity index (χ4v) is 5.34. The highest BCUT2D eigenvalue weighted by atomic mass is 16.6. The molecular weight excluding hydrogens is 400 g/mol. The molecule has 2 fully saturated rings. The van der Waals surface area contributed by atoms with Crippen LogP contribution in [0.5, 0.6) is 5.88 Å². The summed E-state index contributed by atoms with van der Waals surface area (Å²) in [5.74, 6) is 0.535. The van der Waals surface area contributed by atoms with Crippen molar-refractivity contribution < 1.29 is 9.53 Å². The van der Waals surface area contributed by atoms with Crippen LogP contribution in [0.3, 0.4) is 0 Å². The van der Waals surface area contributed by atoms with E-state index >= 15 is 0 Å². The topological polar surface area (TPSA) is 50.1 Å². The highest BCUT2D eigenvalue weighted by Gasteiger charge is 2.28. The fourth-order valence-electron chi connectivity index (χ4n) is 5.34. The van der Waals surface area contributed by atoms with E-state index in [0.717, 1.165) is 53.3 Å². The van der Waals surface area contributed by atoms with E-state index in [9.17, 15) is 4.79 Å². The van der Waals surface area contributed by atoms with Gasteiger partial charge < -0.3 is 14.5 Å². The third-order valence-corrected chi connectivity index (χ3v) is 7.08. The van der Waals surface area contributed by atoms with Gasteiger partial charge in [0.25, 0.3) is 0 Å². The second-order valence-electron chi connectivity index (χ2n) is 9.05. The molecule has 32 heavy (non-hydrogen) atoms. The van der Waals surface area contributed by atoms with Crippen LogP contribution in [-0.4, -0.2) is 57.5 Å². The molecule has 3 aromatic heterocycles. The molecule has 6 rings (SSSR count). The van der Waals surface area contributed by atoms with Crippen LogP contribution in [0.25, 0.3) is 27.3 Å². The number of pyridine rings is 2. The lowest BCUT2D eigenvalue weighted by atomic mass is 10.0. The molecule has 5 heterocycles. The van der Waals surface area contributed by atoms with Gasteiger partial charge in [-0.1, -0.05) is 30.7 Å². The second kappa shape index (κ2) is 8.10. The summed E-state index contributed by atoms with van der Waals surface area (Å²) in [7, 11) is 0. The van der Waals surface area contributed by atoms with E-state index < -0.39 is 0 Å². The summed E-state index contributed by atoms with van der Waals surface area (Å²) in [5, 5.41) is 2.14. The molecule has 0 radical (unpaired) electrons. The molecule has 0 unspecified atom stereocenters. The smallest absolute Gasteiger partial charge is 0.393 e. The first-order valence-corrected chi connectivity index (χ1v) is 11.8. The minimum atomic E-state index is -0.259. The highest BCUT2D eigenvalue weighted by Crippen LogP contribution is 2.28. The first-order valence-electron chi connectivity index (χ1n) is 11.8. The Morgan fingerprint density at radius 3 is 2.56 bits per heavy atom. The average Bonchev–Trinajstić information content (AvgIpc) is 3.22. The Bertz CT molecular complexity index is 1280. The van der Waals surface area contributed by atoms with Crippen molar-refractivity contribution in [2.24, 2.45) is 0 Å². The molecule has 0 N–H and O–H groups in total. The first-order chi connectivity index (χ1) is 15.8. The summed E-state index contributed by atoms with van der Waals surface area (Å²) in [6.07, 6.45) is 7.78. The Morgan fingerprint density at radius 1 is 0.906 bits per heavy atom. The average molecular weight is 429 g/mol. The van der Waals surface area contributed by atoms with Crippen LogP contribution in [0.1, 0.15) is 32.1 Å². The van der Waals surface area contributed by atoms with E-state index in [4.69, 9.17) is 9.72 Å². The molecule has 0 aliphatic carbocycles. The van der Waals surface area contributed by atoms with Crippen molar-refractivity contribution >= 4 is 33.4 Å². The Balaban J connectivity index is 1.22.